The highest BCUT2D eigenvalue weighted by Crippen LogP contribution is 2.31. The van der Waals surface area contributed by atoms with Crippen molar-refractivity contribution in [1.82, 2.24) is 0 Å². The highest BCUT2D eigenvalue weighted by atomic mass is 14.8. The van der Waals surface area contributed by atoms with Gasteiger partial charge >= 0.3 is 0 Å². The minimum absolute atomic E-state index is 0.649. The molecule has 4 unspecified atom stereocenters. The summed E-state index contributed by atoms with van der Waals surface area (Å²) in [6.07, 6.45) is 11.1. The molecule has 0 bridgehead atoms. The fourth-order valence-corrected chi connectivity index (χ4v) is 3.73. The molecule has 2 fully saturated rings. The van der Waals surface area contributed by atoms with Crippen LogP contribution in [0.4, 0.5) is 0 Å². The number of hydrogen-bond donors (Lipinski definition) is 0. The van der Waals surface area contributed by atoms with E-state index in [0.717, 1.165) is 17.8 Å². The van der Waals surface area contributed by atoms with Gasteiger partial charge in [0.25, 0.3) is 0 Å². The molecule has 17 heavy (non-hydrogen) atoms. The second-order valence-electron chi connectivity index (χ2n) is 6.66. The van der Waals surface area contributed by atoms with Crippen LogP contribution in [-0.2, 0) is 0 Å². The van der Waals surface area contributed by atoms with Gasteiger partial charge in [0.05, 0.1) is 6.04 Å². The van der Waals surface area contributed by atoms with Crippen molar-refractivity contribution in [1.29, 1.82) is 0 Å². The third-order valence-electron chi connectivity index (χ3n) is 4.82. The number of hydrogen-bond acceptors (Lipinski definition) is 1. The van der Waals surface area contributed by atoms with Crippen LogP contribution >= 0.6 is 0 Å². The van der Waals surface area contributed by atoms with Gasteiger partial charge in [-0.1, -0.05) is 39.5 Å². The maximum atomic E-state index is 5.06. The van der Waals surface area contributed by atoms with E-state index in [9.17, 15) is 0 Å². The van der Waals surface area contributed by atoms with E-state index < -0.39 is 0 Å². The molecule has 1 heteroatoms. The van der Waals surface area contributed by atoms with Crippen molar-refractivity contribution in [2.24, 2.45) is 22.7 Å². The molecule has 4 atom stereocenters. The molecule has 0 spiro atoms. The normalized spacial score (nSPS) is 40.3. The summed E-state index contributed by atoms with van der Waals surface area (Å²) >= 11 is 0. The van der Waals surface area contributed by atoms with Gasteiger partial charge in [-0.05, 0) is 50.4 Å². The minimum Gasteiger partial charge on any atom is -0.291 e. The maximum Gasteiger partial charge on any atom is 0.0501 e. The fraction of sp³-hybridized carbons (Fsp3) is 0.938. The van der Waals surface area contributed by atoms with Gasteiger partial charge in [-0.2, -0.15) is 0 Å². The van der Waals surface area contributed by atoms with Crippen LogP contribution in [0.15, 0.2) is 4.99 Å². The summed E-state index contributed by atoms with van der Waals surface area (Å²) in [5.74, 6) is 2.62. The smallest absolute Gasteiger partial charge is 0.0501 e. The predicted molar refractivity (Wildman–Crippen MR) is 75.7 cm³/mol. The Balaban J connectivity index is 1.90. The first-order valence-corrected chi connectivity index (χ1v) is 7.69. The van der Waals surface area contributed by atoms with E-state index in [2.05, 4.69) is 20.8 Å². The molecule has 98 valence electrons. The molecular weight excluding hydrogens is 206 g/mol. The molecule has 0 radical (unpaired) electrons. The van der Waals surface area contributed by atoms with Gasteiger partial charge < -0.3 is 0 Å². The molecule has 0 heterocycles. The van der Waals surface area contributed by atoms with Crippen molar-refractivity contribution in [2.45, 2.75) is 78.2 Å². The van der Waals surface area contributed by atoms with Gasteiger partial charge in [0, 0.05) is 5.71 Å². The molecule has 0 amide bonds. The standard InChI is InChI=1S/C16H29N/c1-12-6-4-8-15(10-12)14(3)17-16-9-5-7-13(2)11-16/h12-13,15-16H,4-11H2,1-3H3. The van der Waals surface area contributed by atoms with Crippen molar-refractivity contribution in [3.63, 3.8) is 0 Å². The maximum absolute atomic E-state index is 5.06. The van der Waals surface area contributed by atoms with Gasteiger partial charge in [0.15, 0.2) is 0 Å². The summed E-state index contributed by atoms with van der Waals surface area (Å²) < 4.78 is 0. The van der Waals surface area contributed by atoms with Crippen molar-refractivity contribution in [3.8, 4) is 0 Å². The van der Waals surface area contributed by atoms with Crippen LogP contribution < -0.4 is 0 Å². The molecule has 0 N–H and O–H groups in total. The summed E-state index contributed by atoms with van der Waals surface area (Å²) in [5, 5.41) is 0. The van der Waals surface area contributed by atoms with Gasteiger partial charge in [-0.15, -0.1) is 0 Å². The predicted octanol–water partition coefficient (Wildman–Crippen LogP) is 4.85. The first-order chi connectivity index (χ1) is 8.15. The van der Waals surface area contributed by atoms with Crippen LogP contribution in [0.2, 0.25) is 0 Å². The molecule has 2 aliphatic rings. The van der Waals surface area contributed by atoms with Crippen molar-refractivity contribution in [3.05, 3.63) is 0 Å². The van der Waals surface area contributed by atoms with Crippen LogP contribution in [0, 0.1) is 17.8 Å². The zero-order chi connectivity index (χ0) is 12.3. The van der Waals surface area contributed by atoms with E-state index in [0.29, 0.717) is 6.04 Å². The SMILES string of the molecule is CC(=NC1CCCC(C)C1)C1CCCC(C)C1. The summed E-state index contributed by atoms with van der Waals surface area (Å²) in [5.41, 5.74) is 1.47. The molecule has 2 saturated carbocycles. The van der Waals surface area contributed by atoms with Crippen molar-refractivity contribution < 1.29 is 0 Å². The van der Waals surface area contributed by atoms with Crippen LogP contribution in [0.5, 0.6) is 0 Å². The van der Waals surface area contributed by atoms with Crippen molar-refractivity contribution >= 4 is 5.71 Å². The summed E-state index contributed by atoms with van der Waals surface area (Å²) in [7, 11) is 0. The zero-order valence-electron chi connectivity index (χ0n) is 11.9. The first kappa shape index (κ1) is 13.1. The van der Waals surface area contributed by atoms with E-state index in [1.54, 1.807) is 0 Å². The van der Waals surface area contributed by atoms with Gasteiger partial charge in [0.1, 0.15) is 0 Å². The quantitative estimate of drug-likeness (QED) is 0.607. The Morgan fingerprint density at radius 1 is 0.882 bits per heavy atom. The molecule has 1 nitrogen and oxygen atoms in total. The Morgan fingerprint density at radius 3 is 2.18 bits per heavy atom. The monoisotopic (exact) mass is 235 g/mol. The van der Waals surface area contributed by atoms with E-state index in [4.69, 9.17) is 4.99 Å². The number of rotatable bonds is 2. The lowest BCUT2D eigenvalue weighted by molar-refractivity contribution is 0.328. The Labute approximate surface area is 107 Å². The third-order valence-corrected chi connectivity index (χ3v) is 4.82. The lowest BCUT2D eigenvalue weighted by Gasteiger charge is -2.29. The lowest BCUT2D eigenvalue weighted by atomic mass is 9.80. The van der Waals surface area contributed by atoms with E-state index in [1.807, 2.05) is 0 Å². The minimum atomic E-state index is 0.649. The van der Waals surface area contributed by atoms with Gasteiger partial charge in [0.2, 0.25) is 0 Å². The van der Waals surface area contributed by atoms with Crippen LogP contribution in [-0.4, -0.2) is 11.8 Å². The molecule has 2 rings (SSSR count). The Kier molecular flexibility index (Phi) is 4.64. The highest BCUT2D eigenvalue weighted by Gasteiger charge is 2.23. The summed E-state index contributed by atoms with van der Waals surface area (Å²) in [6, 6.07) is 0.649. The Bertz CT molecular complexity index is 269. The second kappa shape index (κ2) is 6.02. The average Bonchev–Trinajstić information content (AvgIpc) is 2.29. The van der Waals surface area contributed by atoms with Gasteiger partial charge in [-0.3, -0.25) is 4.99 Å². The van der Waals surface area contributed by atoms with Crippen LogP contribution in [0.3, 0.4) is 0 Å². The topological polar surface area (TPSA) is 12.4 Å². The van der Waals surface area contributed by atoms with Crippen LogP contribution in [0.25, 0.3) is 0 Å². The van der Waals surface area contributed by atoms with E-state index in [1.165, 1.54) is 57.1 Å². The first-order valence-electron chi connectivity index (χ1n) is 7.69. The van der Waals surface area contributed by atoms with Crippen LogP contribution in [0.1, 0.15) is 72.1 Å². The average molecular weight is 235 g/mol. The largest absolute Gasteiger partial charge is 0.291 e. The summed E-state index contributed by atoms with van der Waals surface area (Å²) in [4.78, 5) is 5.06. The van der Waals surface area contributed by atoms with E-state index in [-0.39, 0.29) is 0 Å². The zero-order valence-corrected chi connectivity index (χ0v) is 11.9. The summed E-state index contributed by atoms with van der Waals surface area (Å²) in [6.45, 7) is 7.09. The second-order valence-corrected chi connectivity index (χ2v) is 6.66. The molecule has 0 aromatic heterocycles. The molecule has 0 saturated heterocycles. The molecule has 0 aromatic rings. The fourth-order valence-electron chi connectivity index (χ4n) is 3.73. The molecule has 2 aliphatic carbocycles. The molecule has 0 aromatic carbocycles. The Hall–Kier alpha value is -0.330. The highest BCUT2D eigenvalue weighted by molar-refractivity contribution is 5.84. The molecular formula is C16H29N. The molecule has 0 aliphatic heterocycles. The van der Waals surface area contributed by atoms with E-state index >= 15 is 0 Å². The number of aliphatic imine (C=N–C) groups is 1. The van der Waals surface area contributed by atoms with Gasteiger partial charge in [-0.25, -0.2) is 0 Å². The number of nitrogens with zero attached hydrogens (tertiary/aromatic N) is 1. The van der Waals surface area contributed by atoms with Crippen molar-refractivity contribution in [2.75, 3.05) is 0 Å². The third kappa shape index (κ3) is 3.82. The lowest BCUT2D eigenvalue weighted by Crippen LogP contribution is -2.23. The Morgan fingerprint density at radius 2 is 1.53 bits per heavy atom.